The summed E-state index contributed by atoms with van der Waals surface area (Å²) in [6.45, 7) is 8.72. The van der Waals surface area contributed by atoms with Gasteiger partial charge in [-0.25, -0.2) is 0 Å². The third-order valence-corrected chi connectivity index (χ3v) is 1.66. The molecule has 3 radical (unpaired) electrons. The van der Waals surface area contributed by atoms with Crippen LogP contribution in [0.3, 0.4) is 0 Å². The zero-order valence-electron chi connectivity index (χ0n) is 7.22. The van der Waals surface area contributed by atoms with Gasteiger partial charge in [0.15, 0.2) is 0 Å². The third-order valence-electron chi connectivity index (χ3n) is 1.17. The lowest BCUT2D eigenvalue weighted by Gasteiger charge is -2.27. The average Bonchev–Trinajstić information content (AvgIpc) is 1.88. The minimum Gasteiger partial charge on any atom is -0.355 e. The molecule has 0 aromatic heterocycles. The van der Waals surface area contributed by atoms with Gasteiger partial charge < -0.3 is 9.47 Å². The zero-order chi connectivity index (χ0) is 8.74. The van der Waals surface area contributed by atoms with E-state index in [4.69, 9.17) is 9.47 Å². The molecule has 0 aromatic rings. The second kappa shape index (κ2) is 5.52. The van der Waals surface area contributed by atoms with Crippen molar-refractivity contribution in [2.24, 2.45) is 0 Å². The van der Waals surface area contributed by atoms with Crippen LogP contribution in [-0.2, 0) is 9.47 Å². The van der Waals surface area contributed by atoms with Crippen molar-refractivity contribution in [3.05, 3.63) is 12.7 Å². The van der Waals surface area contributed by atoms with Crippen LogP contribution in [0.15, 0.2) is 12.7 Å². The van der Waals surface area contributed by atoms with Crippen molar-refractivity contribution in [1.82, 2.24) is 0 Å². The normalized spacial score (nSPS) is 11.5. The summed E-state index contributed by atoms with van der Waals surface area (Å²) < 4.78 is 10.7. The fourth-order valence-electron chi connectivity index (χ4n) is 0.816. The molecule has 63 valence electrons. The van der Waals surface area contributed by atoms with Crippen molar-refractivity contribution < 1.29 is 9.47 Å². The highest BCUT2D eigenvalue weighted by Gasteiger charge is 2.22. The van der Waals surface area contributed by atoms with Gasteiger partial charge >= 0.3 is 0 Å². The van der Waals surface area contributed by atoms with E-state index in [9.17, 15) is 0 Å². The summed E-state index contributed by atoms with van der Waals surface area (Å²) >= 11 is 0. The first-order valence-electron chi connectivity index (χ1n) is 3.82. The second-order valence-electron chi connectivity index (χ2n) is 2.11. The van der Waals surface area contributed by atoms with Gasteiger partial charge in [-0.3, -0.25) is 0 Å². The number of ether oxygens (including phenoxy) is 2. The first kappa shape index (κ1) is 10.9. The van der Waals surface area contributed by atoms with Gasteiger partial charge in [0.25, 0.3) is 0 Å². The molecule has 0 aliphatic carbocycles. The highest BCUT2D eigenvalue weighted by Crippen LogP contribution is 2.13. The Morgan fingerprint density at radius 3 is 2.09 bits per heavy atom. The minimum atomic E-state index is -0.661. The van der Waals surface area contributed by atoms with E-state index in [-0.39, 0.29) is 0 Å². The topological polar surface area (TPSA) is 18.5 Å². The molecule has 0 heterocycles. The second-order valence-corrected chi connectivity index (χ2v) is 2.87. The van der Waals surface area contributed by atoms with E-state index in [2.05, 4.69) is 16.8 Å². The van der Waals surface area contributed by atoms with E-state index < -0.39 is 5.41 Å². The van der Waals surface area contributed by atoms with Crippen molar-refractivity contribution in [3.8, 4) is 0 Å². The van der Waals surface area contributed by atoms with E-state index in [0.29, 0.717) is 19.6 Å². The summed E-state index contributed by atoms with van der Waals surface area (Å²) in [6.07, 6.45) is 2.41. The molecule has 0 atom stereocenters. The van der Waals surface area contributed by atoms with E-state index >= 15 is 0 Å². The third kappa shape index (κ3) is 4.34. The Balaban J connectivity index is 3.88. The van der Waals surface area contributed by atoms with Crippen LogP contribution in [0.5, 0.6) is 0 Å². The summed E-state index contributed by atoms with van der Waals surface area (Å²) in [5.74, 6) is 0. The summed E-state index contributed by atoms with van der Waals surface area (Å²) in [4.78, 5) is 0. The minimum absolute atomic E-state index is 0.622. The molecule has 0 rings (SSSR count). The predicted octanol–water partition coefficient (Wildman–Crippen LogP) is 1.46. The first-order chi connectivity index (χ1) is 5.18. The van der Waals surface area contributed by atoms with Gasteiger partial charge in [0.1, 0.15) is 15.7 Å². The lowest BCUT2D eigenvalue weighted by molar-refractivity contribution is -0.170. The predicted molar refractivity (Wildman–Crippen MR) is 46.6 cm³/mol. The van der Waals surface area contributed by atoms with Crippen LogP contribution in [0, 0.1) is 0 Å². The van der Waals surface area contributed by atoms with Crippen molar-refractivity contribution in [2.45, 2.75) is 25.7 Å². The highest BCUT2D eigenvalue weighted by molar-refractivity contribution is 6.13. The monoisotopic (exact) mass is 171 g/mol. The summed E-state index contributed by atoms with van der Waals surface area (Å²) in [5.41, 5.74) is -0.661. The quantitative estimate of drug-likeness (QED) is 0.342. The molecule has 0 bridgehead atoms. The standard InChI is InChI=1S/C8H15O2Si/c1-4-7-8(11,9-5-2)10-6-3/h4H,1,5-7H2,2-3H3. The number of hydrogen-bond acceptors (Lipinski definition) is 2. The van der Waals surface area contributed by atoms with Gasteiger partial charge in [-0.15, -0.1) is 6.58 Å². The van der Waals surface area contributed by atoms with Gasteiger partial charge in [-0.2, -0.15) is 0 Å². The molecule has 0 N–H and O–H groups in total. The van der Waals surface area contributed by atoms with Crippen LogP contribution in [0.2, 0.25) is 0 Å². The van der Waals surface area contributed by atoms with Crippen molar-refractivity contribution >= 4 is 10.2 Å². The molecule has 0 aromatic carbocycles. The zero-order valence-corrected chi connectivity index (χ0v) is 8.22. The van der Waals surface area contributed by atoms with Gasteiger partial charge in [0.2, 0.25) is 0 Å². The van der Waals surface area contributed by atoms with E-state index in [1.807, 2.05) is 13.8 Å². The van der Waals surface area contributed by atoms with Crippen LogP contribution in [0.4, 0.5) is 0 Å². The average molecular weight is 171 g/mol. The fraction of sp³-hybridized carbons (Fsp3) is 0.750. The molecule has 0 aliphatic heterocycles. The molecule has 0 saturated heterocycles. The summed E-state index contributed by atoms with van der Waals surface area (Å²) in [6, 6.07) is 0. The number of hydrogen-bond donors (Lipinski definition) is 0. The van der Waals surface area contributed by atoms with E-state index in [0.717, 1.165) is 0 Å². The first-order valence-corrected chi connectivity index (χ1v) is 4.32. The molecular formula is C8H15O2Si. The maximum atomic E-state index is 5.33. The molecule has 0 saturated carbocycles. The van der Waals surface area contributed by atoms with Gasteiger partial charge in [-0.05, 0) is 13.8 Å². The lowest BCUT2D eigenvalue weighted by Crippen LogP contribution is -2.36. The fourth-order valence-corrected chi connectivity index (χ4v) is 1.25. The summed E-state index contributed by atoms with van der Waals surface area (Å²) in [5, 5.41) is 0. The molecule has 0 spiro atoms. The van der Waals surface area contributed by atoms with Gasteiger partial charge in [-0.1, -0.05) is 6.08 Å². The Hall–Kier alpha value is -0.123. The molecule has 2 nitrogen and oxygen atoms in total. The van der Waals surface area contributed by atoms with Crippen LogP contribution < -0.4 is 0 Å². The Labute approximate surface area is 72.0 Å². The molecule has 11 heavy (non-hydrogen) atoms. The lowest BCUT2D eigenvalue weighted by atomic mass is 10.4. The van der Waals surface area contributed by atoms with Gasteiger partial charge in [0, 0.05) is 19.6 Å². The van der Waals surface area contributed by atoms with Crippen molar-refractivity contribution in [3.63, 3.8) is 0 Å². The maximum absolute atomic E-state index is 5.33. The molecule has 0 aliphatic rings. The van der Waals surface area contributed by atoms with Crippen LogP contribution in [0.25, 0.3) is 0 Å². The smallest absolute Gasteiger partial charge is 0.147 e. The molecule has 0 fully saturated rings. The molecule has 0 amide bonds. The van der Waals surface area contributed by atoms with Crippen LogP contribution in [0.1, 0.15) is 20.3 Å². The Kier molecular flexibility index (Phi) is 5.46. The van der Waals surface area contributed by atoms with E-state index in [1.54, 1.807) is 6.08 Å². The molecule has 0 unspecified atom stereocenters. The number of rotatable bonds is 6. The van der Waals surface area contributed by atoms with Crippen LogP contribution >= 0.6 is 0 Å². The maximum Gasteiger partial charge on any atom is 0.147 e. The Morgan fingerprint density at radius 2 is 1.82 bits per heavy atom. The Bertz CT molecular complexity index is 109. The van der Waals surface area contributed by atoms with Crippen molar-refractivity contribution in [1.29, 1.82) is 0 Å². The largest absolute Gasteiger partial charge is 0.355 e. The van der Waals surface area contributed by atoms with Gasteiger partial charge in [0.05, 0.1) is 0 Å². The highest BCUT2D eigenvalue weighted by atomic mass is 28.1. The SMILES string of the molecule is C=CCC([Si])(OCC)OCC. The van der Waals surface area contributed by atoms with Crippen molar-refractivity contribution in [2.75, 3.05) is 13.2 Å². The Morgan fingerprint density at radius 1 is 1.36 bits per heavy atom. The van der Waals surface area contributed by atoms with E-state index in [1.165, 1.54) is 0 Å². The van der Waals surface area contributed by atoms with Crippen LogP contribution in [-0.4, -0.2) is 28.9 Å². The molecule has 3 heteroatoms. The molecular weight excluding hydrogens is 156 g/mol. The summed E-state index contributed by atoms with van der Waals surface area (Å²) in [7, 11) is 3.40.